The maximum absolute atomic E-state index is 12.8. The van der Waals surface area contributed by atoms with Crippen molar-refractivity contribution in [2.24, 2.45) is 5.92 Å². The van der Waals surface area contributed by atoms with Gasteiger partial charge in [-0.2, -0.15) is 5.10 Å². The first-order chi connectivity index (χ1) is 9.45. The molecule has 0 radical (unpaired) electrons. The van der Waals surface area contributed by atoms with E-state index in [4.69, 9.17) is 0 Å². The minimum atomic E-state index is -0.321. The van der Waals surface area contributed by atoms with E-state index >= 15 is 0 Å². The van der Waals surface area contributed by atoms with Gasteiger partial charge in [-0.1, -0.05) is 6.92 Å². The predicted octanol–water partition coefficient (Wildman–Crippen LogP) is 2.91. The quantitative estimate of drug-likeness (QED) is 0.932. The van der Waals surface area contributed by atoms with Gasteiger partial charge >= 0.3 is 0 Å². The standard InChI is InChI=1S/C15H18FN3O/c1-10(9-19-12(3)8-11(2)18-19)15(20)17-14-6-4-13(16)5-7-14/h4-8,10H,9H2,1-3H3,(H,17,20)/t10-/m0/s1. The van der Waals surface area contributed by atoms with Crippen molar-refractivity contribution in [3.05, 3.63) is 47.5 Å². The zero-order valence-corrected chi connectivity index (χ0v) is 11.9. The van der Waals surface area contributed by atoms with Crippen molar-refractivity contribution in [3.63, 3.8) is 0 Å². The lowest BCUT2D eigenvalue weighted by atomic mass is 10.1. The summed E-state index contributed by atoms with van der Waals surface area (Å²) in [6, 6.07) is 7.71. The molecule has 0 bridgehead atoms. The Morgan fingerprint density at radius 3 is 2.55 bits per heavy atom. The summed E-state index contributed by atoms with van der Waals surface area (Å²) in [7, 11) is 0. The summed E-state index contributed by atoms with van der Waals surface area (Å²) in [5.74, 6) is -0.652. The molecule has 0 aliphatic rings. The van der Waals surface area contributed by atoms with Gasteiger partial charge in [0.25, 0.3) is 0 Å². The van der Waals surface area contributed by atoms with Crippen molar-refractivity contribution >= 4 is 11.6 Å². The van der Waals surface area contributed by atoms with Crippen molar-refractivity contribution in [1.29, 1.82) is 0 Å². The Morgan fingerprint density at radius 2 is 2.00 bits per heavy atom. The Labute approximate surface area is 117 Å². The summed E-state index contributed by atoms with van der Waals surface area (Å²) in [5, 5.41) is 7.11. The Hall–Kier alpha value is -2.17. The van der Waals surface area contributed by atoms with Gasteiger partial charge in [-0.3, -0.25) is 9.48 Å². The summed E-state index contributed by atoms with van der Waals surface area (Å²) in [5.41, 5.74) is 2.56. The van der Waals surface area contributed by atoms with Gasteiger partial charge < -0.3 is 5.32 Å². The molecule has 4 nitrogen and oxygen atoms in total. The summed E-state index contributed by atoms with van der Waals surface area (Å²) >= 11 is 0. The molecule has 0 fully saturated rings. The third-order valence-corrected chi connectivity index (χ3v) is 3.11. The lowest BCUT2D eigenvalue weighted by Gasteiger charge is -2.13. The topological polar surface area (TPSA) is 46.9 Å². The van der Waals surface area contributed by atoms with Crippen LogP contribution in [0.2, 0.25) is 0 Å². The molecule has 1 aromatic carbocycles. The summed E-state index contributed by atoms with van der Waals surface area (Å²) in [6.07, 6.45) is 0. The first kappa shape index (κ1) is 14.2. The fourth-order valence-corrected chi connectivity index (χ4v) is 2.00. The molecule has 0 spiro atoms. The van der Waals surface area contributed by atoms with E-state index < -0.39 is 0 Å². The molecule has 0 saturated carbocycles. The molecule has 1 aromatic heterocycles. The Morgan fingerprint density at radius 1 is 1.35 bits per heavy atom. The van der Waals surface area contributed by atoms with Crippen LogP contribution in [0, 0.1) is 25.6 Å². The van der Waals surface area contributed by atoms with E-state index in [9.17, 15) is 9.18 Å². The van der Waals surface area contributed by atoms with E-state index in [1.807, 2.05) is 31.5 Å². The van der Waals surface area contributed by atoms with Gasteiger partial charge in [0, 0.05) is 11.4 Å². The largest absolute Gasteiger partial charge is 0.326 e. The van der Waals surface area contributed by atoms with Gasteiger partial charge in [0.05, 0.1) is 18.2 Å². The van der Waals surface area contributed by atoms with Gasteiger partial charge in [-0.05, 0) is 44.2 Å². The number of benzene rings is 1. The maximum Gasteiger partial charge on any atom is 0.229 e. The number of carbonyl (C=O) groups excluding carboxylic acids is 1. The number of aryl methyl sites for hydroxylation is 2. The van der Waals surface area contributed by atoms with Gasteiger partial charge in [-0.15, -0.1) is 0 Å². The maximum atomic E-state index is 12.8. The molecule has 1 atom stereocenters. The summed E-state index contributed by atoms with van der Waals surface area (Å²) < 4.78 is 14.6. The SMILES string of the molecule is Cc1cc(C)n(C[C@H](C)C(=O)Nc2ccc(F)cc2)n1. The van der Waals surface area contributed by atoms with E-state index in [-0.39, 0.29) is 17.6 Å². The molecule has 0 saturated heterocycles. The van der Waals surface area contributed by atoms with Gasteiger partial charge in [0.2, 0.25) is 5.91 Å². The normalized spacial score (nSPS) is 12.2. The average molecular weight is 275 g/mol. The van der Waals surface area contributed by atoms with Crippen molar-refractivity contribution in [1.82, 2.24) is 9.78 Å². The molecule has 0 aliphatic carbocycles. The van der Waals surface area contributed by atoms with E-state index in [2.05, 4.69) is 10.4 Å². The monoisotopic (exact) mass is 275 g/mol. The number of anilines is 1. The van der Waals surface area contributed by atoms with E-state index in [1.165, 1.54) is 12.1 Å². The molecule has 0 unspecified atom stereocenters. The molecule has 106 valence electrons. The molecular formula is C15H18FN3O. The molecule has 0 aliphatic heterocycles. The van der Waals surface area contributed by atoms with Crippen LogP contribution in [0.1, 0.15) is 18.3 Å². The highest BCUT2D eigenvalue weighted by Crippen LogP contribution is 2.12. The second kappa shape index (κ2) is 5.86. The number of rotatable bonds is 4. The number of nitrogens with one attached hydrogen (secondary N) is 1. The van der Waals surface area contributed by atoms with Crippen molar-refractivity contribution < 1.29 is 9.18 Å². The van der Waals surface area contributed by atoms with E-state index in [0.29, 0.717) is 12.2 Å². The minimum absolute atomic E-state index is 0.107. The lowest BCUT2D eigenvalue weighted by Crippen LogP contribution is -2.25. The van der Waals surface area contributed by atoms with Crippen LogP contribution in [0.15, 0.2) is 30.3 Å². The molecule has 2 rings (SSSR count). The number of hydrogen-bond donors (Lipinski definition) is 1. The Bertz CT molecular complexity index is 604. The second-order valence-electron chi connectivity index (χ2n) is 5.01. The average Bonchev–Trinajstić information content (AvgIpc) is 2.70. The first-order valence-corrected chi connectivity index (χ1v) is 6.53. The van der Waals surface area contributed by atoms with Gasteiger partial charge in [0.1, 0.15) is 5.82 Å². The van der Waals surface area contributed by atoms with Crippen LogP contribution >= 0.6 is 0 Å². The summed E-state index contributed by atoms with van der Waals surface area (Å²) in [4.78, 5) is 12.1. The predicted molar refractivity (Wildman–Crippen MR) is 75.9 cm³/mol. The summed E-state index contributed by atoms with van der Waals surface area (Å²) in [6.45, 7) is 6.25. The van der Waals surface area contributed by atoms with E-state index in [0.717, 1.165) is 11.4 Å². The number of halogens is 1. The molecule has 5 heteroatoms. The highest BCUT2D eigenvalue weighted by molar-refractivity contribution is 5.92. The van der Waals surface area contributed by atoms with Gasteiger partial charge in [0.15, 0.2) is 0 Å². The zero-order chi connectivity index (χ0) is 14.7. The fraction of sp³-hybridized carbons (Fsp3) is 0.333. The number of carbonyl (C=O) groups is 1. The third kappa shape index (κ3) is 3.44. The van der Waals surface area contributed by atoms with Crippen molar-refractivity contribution in [3.8, 4) is 0 Å². The van der Waals surface area contributed by atoms with Crippen LogP contribution in [-0.4, -0.2) is 15.7 Å². The van der Waals surface area contributed by atoms with Crippen LogP contribution in [0.4, 0.5) is 10.1 Å². The van der Waals surface area contributed by atoms with Crippen LogP contribution in [-0.2, 0) is 11.3 Å². The Balaban J connectivity index is 1.98. The lowest BCUT2D eigenvalue weighted by molar-refractivity contribution is -0.119. The highest BCUT2D eigenvalue weighted by Gasteiger charge is 2.15. The molecular weight excluding hydrogens is 257 g/mol. The molecule has 20 heavy (non-hydrogen) atoms. The molecule has 1 N–H and O–H groups in total. The number of nitrogens with zero attached hydrogens (tertiary/aromatic N) is 2. The van der Waals surface area contributed by atoms with E-state index in [1.54, 1.807) is 12.1 Å². The van der Waals surface area contributed by atoms with Gasteiger partial charge in [-0.25, -0.2) is 4.39 Å². The number of aromatic nitrogens is 2. The molecule has 1 amide bonds. The van der Waals surface area contributed by atoms with Crippen LogP contribution in [0.5, 0.6) is 0 Å². The third-order valence-electron chi connectivity index (χ3n) is 3.11. The molecule has 1 heterocycles. The molecule has 2 aromatic rings. The van der Waals surface area contributed by atoms with Crippen LogP contribution < -0.4 is 5.32 Å². The highest BCUT2D eigenvalue weighted by atomic mass is 19.1. The fourth-order valence-electron chi connectivity index (χ4n) is 2.00. The second-order valence-corrected chi connectivity index (χ2v) is 5.01. The van der Waals surface area contributed by atoms with Crippen LogP contribution in [0.3, 0.4) is 0 Å². The first-order valence-electron chi connectivity index (χ1n) is 6.53. The minimum Gasteiger partial charge on any atom is -0.326 e. The Kier molecular flexibility index (Phi) is 4.17. The van der Waals surface area contributed by atoms with Crippen molar-refractivity contribution in [2.75, 3.05) is 5.32 Å². The smallest absolute Gasteiger partial charge is 0.229 e. The number of hydrogen-bond acceptors (Lipinski definition) is 2. The van der Waals surface area contributed by atoms with Crippen molar-refractivity contribution in [2.45, 2.75) is 27.3 Å². The van der Waals surface area contributed by atoms with Crippen LogP contribution in [0.25, 0.3) is 0 Å². The zero-order valence-electron chi connectivity index (χ0n) is 11.9. The number of amides is 1.